The van der Waals surface area contributed by atoms with E-state index in [9.17, 15) is 0 Å². The molecule has 1 N–H and O–H groups in total. The van der Waals surface area contributed by atoms with Crippen LogP contribution in [0.25, 0.3) is 0 Å². The zero-order chi connectivity index (χ0) is 15.2. The van der Waals surface area contributed by atoms with E-state index in [2.05, 4.69) is 63.3 Å². The van der Waals surface area contributed by atoms with Gasteiger partial charge in [0.05, 0.1) is 0 Å². The van der Waals surface area contributed by atoms with Crippen molar-refractivity contribution in [1.82, 2.24) is 5.32 Å². The van der Waals surface area contributed by atoms with Crippen molar-refractivity contribution in [2.75, 3.05) is 6.54 Å². The van der Waals surface area contributed by atoms with Crippen LogP contribution in [0, 0.1) is 19.8 Å². The molecule has 114 valence electrons. The summed E-state index contributed by atoms with van der Waals surface area (Å²) in [6, 6.07) is 10.7. The maximum atomic E-state index is 5.90. The second-order valence-corrected chi connectivity index (χ2v) is 7.26. The molecule has 0 atom stereocenters. The van der Waals surface area contributed by atoms with Crippen LogP contribution in [0.15, 0.2) is 30.3 Å². The van der Waals surface area contributed by atoms with Crippen molar-refractivity contribution in [3.05, 3.63) is 51.2 Å². The molecular weight excluding hydrogens is 278 g/mol. The maximum absolute atomic E-state index is 5.90. The summed E-state index contributed by atoms with van der Waals surface area (Å²) < 4.78 is 5.90. The molecule has 1 aromatic heterocycles. The Morgan fingerprint density at radius 1 is 1.05 bits per heavy atom. The first kappa shape index (κ1) is 16.1. The molecular formula is C18H25NOS. The van der Waals surface area contributed by atoms with E-state index >= 15 is 0 Å². The highest BCUT2D eigenvalue weighted by molar-refractivity contribution is 7.11. The molecule has 0 amide bonds. The lowest BCUT2D eigenvalue weighted by atomic mass is 10.1. The van der Waals surface area contributed by atoms with Gasteiger partial charge >= 0.3 is 0 Å². The summed E-state index contributed by atoms with van der Waals surface area (Å²) in [5.74, 6) is 1.65. The van der Waals surface area contributed by atoms with E-state index in [4.69, 9.17) is 4.74 Å². The van der Waals surface area contributed by atoms with Gasteiger partial charge in [-0.1, -0.05) is 19.9 Å². The average molecular weight is 303 g/mol. The minimum atomic E-state index is 0.651. The first-order chi connectivity index (χ1) is 10.0. The number of hydrogen-bond donors (Lipinski definition) is 1. The fraction of sp³-hybridized carbons (Fsp3) is 0.444. The standard InChI is InChI=1S/C18H25NOS/c1-13(2)10-19-11-17-5-6-18(21-17)12-20-16-8-14(3)7-15(4)9-16/h5-9,13,19H,10-12H2,1-4H3. The molecule has 2 nitrogen and oxygen atoms in total. The molecule has 0 unspecified atom stereocenters. The zero-order valence-electron chi connectivity index (χ0n) is 13.4. The van der Waals surface area contributed by atoms with Crippen LogP contribution < -0.4 is 10.1 Å². The molecule has 0 saturated carbocycles. The lowest BCUT2D eigenvalue weighted by Crippen LogP contribution is -2.18. The molecule has 3 heteroatoms. The van der Waals surface area contributed by atoms with Gasteiger partial charge in [-0.05, 0) is 61.7 Å². The normalized spacial score (nSPS) is 11.1. The second-order valence-electron chi connectivity index (χ2n) is 6.00. The lowest BCUT2D eigenvalue weighted by molar-refractivity contribution is 0.309. The van der Waals surface area contributed by atoms with Crippen molar-refractivity contribution in [2.24, 2.45) is 5.92 Å². The van der Waals surface area contributed by atoms with Gasteiger partial charge < -0.3 is 10.1 Å². The van der Waals surface area contributed by atoms with E-state index in [1.165, 1.54) is 20.9 Å². The van der Waals surface area contributed by atoms with E-state index in [1.54, 1.807) is 0 Å². The van der Waals surface area contributed by atoms with Gasteiger partial charge in [0, 0.05) is 16.3 Å². The van der Waals surface area contributed by atoms with Crippen molar-refractivity contribution >= 4 is 11.3 Å². The number of aryl methyl sites for hydroxylation is 2. The number of hydrogen-bond acceptors (Lipinski definition) is 3. The predicted octanol–water partition coefficient (Wildman–Crippen LogP) is 4.69. The van der Waals surface area contributed by atoms with Gasteiger partial charge in [-0.15, -0.1) is 11.3 Å². The first-order valence-electron chi connectivity index (χ1n) is 7.52. The molecule has 2 rings (SSSR count). The molecule has 0 radical (unpaired) electrons. The SMILES string of the molecule is Cc1cc(C)cc(OCc2ccc(CNCC(C)C)s2)c1. The summed E-state index contributed by atoms with van der Waals surface area (Å²) in [6.45, 7) is 11.3. The Balaban J connectivity index is 1.85. The topological polar surface area (TPSA) is 21.3 Å². The third-order valence-corrected chi connectivity index (χ3v) is 4.20. The summed E-state index contributed by atoms with van der Waals surface area (Å²) in [5, 5.41) is 3.47. The lowest BCUT2D eigenvalue weighted by Gasteiger charge is -2.07. The van der Waals surface area contributed by atoms with Gasteiger partial charge in [0.2, 0.25) is 0 Å². The predicted molar refractivity (Wildman–Crippen MR) is 91.1 cm³/mol. The second kappa shape index (κ2) is 7.62. The van der Waals surface area contributed by atoms with Gasteiger partial charge in [0.1, 0.15) is 12.4 Å². The molecule has 0 bridgehead atoms. The van der Waals surface area contributed by atoms with Crippen LogP contribution in [0.4, 0.5) is 0 Å². The zero-order valence-corrected chi connectivity index (χ0v) is 14.2. The molecule has 21 heavy (non-hydrogen) atoms. The fourth-order valence-electron chi connectivity index (χ4n) is 2.25. The highest BCUT2D eigenvalue weighted by Gasteiger charge is 2.03. The number of benzene rings is 1. The number of rotatable bonds is 7. The third-order valence-electron chi connectivity index (χ3n) is 3.15. The summed E-state index contributed by atoms with van der Waals surface area (Å²) in [4.78, 5) is 2.64. The average Bonchev–Trinajstić information content (AvgIpc) is 2.83. The monoisotopic (exact) mass is 303 g/mol. The van der Waals surface area contributed by atoms with Crippen molar-refractivity contribution < 1.29 is 4.74 Å². The van der Waals surface area contributed by atoms with Gasteiger partial charge in [0.25, 0.3) is 0 Å². The molecule has 0 saturated heterocycles. The van der Waals surface area contributed by atoms with Crippen molar-refractivity contribution in [3.63, 3.8) is 0 Å². The van der Waals surface area contributed by atoms with E-state index in [-0.39, 0.29) is 0 Å². The summed E-state index contributed by atoms with van der Waals surface area (Å²) >= 11 is 1.82. The Bertz CT molecular complexity index is 554. The van der Waals surface area contributed by atoms with Crippen LogP contribution in [0.3, 0.4) is 0 Å². The van der Waals surface area contributed by atoms with Crippen LogP contribution in [0.5, 0.6) is 5.75 Å². The minimum absolute atomic E-state index is 0.651. The number of thiophene rings is 1. The minimum Gasteiger partial charge on any atom is -0.488 e. The van der Waals surface area contributed by atoms with Crippen molar-refractivity contribution in [1.29, 1.82) is 0 Å². The Hall–Kier alpha value is -1.32. The quantitative estimate of drug-likeness (QED) is 0.801. The molecule has 0 aliphatic heterocycles. The van der Waals surface area contributed by atoms with Gasteiger partial charge in [-0.25, -0.2) is 0 Å². The van der Waals surface area contributed by atoms with Crippen LogP contribution in [0.1, 0.15) is 34.7 Å². The summed E-state index contributed by atoms with van der Waals surface area (Å²) in [7, 11) is 0. The highest BCUT2D eigenvalue weighted by Crippen LogP contribution is 2.21. The van der Waals surface area contributed by atoms with Gasteiger partial charge in [0.15, 0.2) is 0 Å². The Morgan fingerprint density at radius 2 is 1.71 bits per heavy atom. The van der Waals surface area contributed by atoms with E-state index in [1.807, 2.05) is 11.3 Å². The van der Waals surface area contributed by atoms with Crippen molar-refractivity contribution in [2.45, 2.75) is 40.8 Å². The van der Waals surface area contributed by atoms with Crippen LogP contribution >= 0.6 is 11.3 Å². The van der Waals surface area contributed by atoms with E-state index < -0.39 is 0 Å². The smallest absolute Gasteiger partial charge is 0.122 e. The first-order valence-corrected chi connectivity index (χ1v) is 8.34. The molecule has 0 aliphatic rings. The molecule has 0 spiro atoms. The van der Waals surface area contributed by atoms with Crippen LogP contribution in [0.2, 0.25) is 0 Å². The fourth-order valence-corrected chi connectivity index (χ4v) is 3.15. The summed E-state index contributed by atoms with van der Waals surface area (Å²) in [6.07, 6.45) is 0. The Kier molecular flexibility index (Phi) is 5.83. The highest BCUT2D eigenvalue weighted by atomic mass is 32.1. The molecule has 2 aromatic rings. The maximum Gasteiger partial charge on any atom is 0.122 e. The number of ether oxygens (including phenoxy) is 1. The Labute approximate surface area is 132 Å². The number of nitrogens with one attached hydrogen (secondary N) is 1. The van der Waals surface area contributed by atoms with E-state index in [0.29, 0.717) is 12.5 Å². The molecule has 0 aliphatic carbocycles. The van der Waals surface area contributed by atoms with E-state index in [0.717, 1.165) is 18.8 Å². The van der Waals surface area contributed by atoms with Crippen LogP contribution in [-0.2, 0) is 13.2 Å². The van der Waals surface area contributed by atoms with Crippen molar-refractivity contribution in [3.8, 4) is 5.75 Å². The largest absolute Gasteiger partial charge is 0.488 e. The Morgan fingerprint density at radius 3 is 2.38 bits per heavy atom. The molecule has 1 aromatic carbocycles. The summed E-state index contributed by atoms with van der Waals surface area (Å²) in [5.41, 5.74) is 2.49. The molecule has 0 fully saturated rings. The third kappa shape index (κ3) is 5.52. The van der Waals surface area contributed by atoms with Crippen LogP contribution in [-0.4, -0.2) is 6.54 Å². The van der Waals surface area contributed by atoms with Gasteiger partial charge in [-0.3, -0.25) is 0 Å². The molecule has 1 heterocycles. The van der Waals surface area contributed by atoms with Gasteiger partial charge in [-0.2, -0.15) is 0 Å².